The molecule has 26 heavy (non-hydrogen) atoms. The largest absolute Gasteiger partial charge is 0.389 e. The highest BCUT2D eigenvalue weighted by Gasteiger charge is 2.26. The lowest BCUT2D eigenvalue weighted by Gasteiger charge is -2.13. The van der Waals surface area contributed by atoms with Gasteiger partial charge in [-0.15, -0.1) is 11.8 Å². The molecule has 0 spiro atoms. The predicted molar refractivity (Wildman–Crippen MR) is 91.7 cm³/mol. The number of nitro groups is 1. The second-order valence-electron chi connectivity index (χ2n) is 5.07. The van der Waals surface area contributed by atoms with Crippen LogP contribution in [0.2, 0.25) is 0 Å². The Hall–Kier alpha value is -2.27. The second kappa shape index (κ2) is 7.96. The first-order valence-corrected chi connectivity index (χ1v) is 9.61. The van der Waals surface area contributed by atoms with Crippen molar-refractivity contribution < 1.29 is 26.5 Å². The molecule has 0 aromatic heterocycles. The van der Waals surface area contributed by atoms with Crippen LogP contribution in [0.15, 0.2) is 58.3 Å². The first-order chi connectivity index (χ1) is 12.1. The number of benzene rings is 2. The number of nitrogens with one attached hydrogen (secondary N) is 1. The molecule has 6 nitrogen and oxygen atoms in total. The Morgan fingerprint density at radius 2 is 1.69 bits per heavy atom. The van der Waals surface area contributed by atoms with Crippen molar-refractivity contribution in [1.82, 2.24) is 0 Å². The molecule has 0 heterocycles. The third-order valence-corrected chi connectivity index (χ3v) is 5.59. The van der Waals surface area contributed by atoms with E-state index in [0.29, 0.717) is 4.90 Å². The van der Waals surface area contributed by atoms with Crippen LogP contribution in [0, 0.1) is 10.1 Å². The smallest absolute Gasteiger partial charge is 0.278 e. The van der Waals surface area contributed by atoms with Crippen LogP contribution in [0.25, 0.3) is 0 Å². The van der Waals surface area contributed by atoms with Crippen LogP contribution < -0.4 is 4.72 Å². The van der Waals surface area contributed by atoms with Crippen molar-refractivity contribution >= 4 is 33.2 Å². The van der Waals surface area contributed by atoms with E-state index in [0.717, 1.165) is 36.0 Å². The topological polar surface area (TPSA) is 89.3 Å². The summed E-state index contributed by atoms with van der Waals surface area (Å²) in [6, 6.07) is 10.3. The third-order valence-electron chi connectivity index (χ3n) is 3.13. The Kier molecular flexibility index (Phi) is 6.13. The van der Waals surface area contributed by atoms with Gasteiger partial charge in [-0.3, -0.25) is 14.8 Å². The summed E-state index contributed by atoms with van der Waals surface area (Å²) in [5, 5.41) is 10.6. The van der Waals surface area contributed by atoms with Gasteiger partial charge in [0.1, 0.15) is 0 Å². The lowest BCUT2D eigenvalue weighted by Crippen LogP contribution is -2.13. The van der Waals surface area contributed by atoms with E-state index in [1.54, 1.807) is 12.1 Å². The molecule has 0 aliphatic rings. The number of para-hydroxylation sites is 1. The molecular formula is C15H13F3N2O4S2. The fraction of sp³-hybridized carbons (Fsp3) is 0.200. The van der Waals surface area contributed by atoms with Crippen LogP contribution in [0.1, 0.15) is 6.42 Å². The van der Waals surface area contributed by atoms with Crippen molar-refractivity contribution in [3.8, 4) is 0 Å². The molecule has 140 valence electrons. The highest BCUT2D eigenvalue weighted by Crippen LogP contribution is 2.32. The number of thioether (sulfide) groups is 1. The number of halogens is 3. The van der Waals surface area contributed by atoms with Gasteiger partial charge in [-0.05, 0) is 24.3 Å². The number of non-ortho nitro benzene ring substituents is 1. The van der Waals surface area contributed by atoms with E-state index in [2.05, 4.69) is 4.72 Å². The Morgan fingerprint density at radius 1 is 1.08 bits per heavy atom. The molecule has 2 aromatic rings. The van der Waals surface area contributed by atoms with Gasteiger partial charge in [-0.1, -0.05) is 12.1 Å². The van der Waals surface area contributed by atoms with E-state index in [1.807, 2.05) is 0 Å². The predicted octanol–water partition coefficient (Wildman–Crippen LogP) is 4.44. The van der Waals surface area contributed by atoms with Crippen molar-refractivity contribution in [2.75, 3.05) is 10.5 Å². The average Bonchev–Trinajstić information content (AvgIpc) is 2.55. The fourth-order valence-corrected chi connectivity index (χ4v) is 4.05. The number of hydrogen-bond donors (Lipinski definition) is 1. The van der Waals surface area contributed by atoms with Crippen LogP contribution in [0.5, 0.6) is 0 Å². The van der Waals surface area contributed by atoms with E-state index in [4.69, 9.17) is 0 Å². The maximum atomic E-state index is 12.4. The summed E-state index contributed by atoms with van der Waals surface area (Å²) in [4.78, 5) is 10.1. The molecule has 0 saturated heterocycles. The summed E-state index contributed by atoms with van der Waals surface area (Å²) >= 11 is 0.880. The molecule has 0 unspecified atom stereocenters. The quantitative estimate of drug-likeness (QED) is 0.417. The minimum Gasteiger partial charge on any atom is -0.278 e. The Morgan fingerprint density at radius 3 is 2.27 bits per heavy atom. The van der Waals surface area contributed by atoms with E-state index in [-0.39, 0.29) is 22.0 Å². The molecule has 2 rings (SSSR count). The third kappa shape index (κ3) is 5.63. The monoisotopic (exact) mass is 406 g/mol. The lowest BCUT2D eigenvalue weighted by atomic mass is 10.3. The van der Waals surface area contributed by atoms with E-state index in [1.165, 1.54) is 12.1 Å². The van der Waals surface area contributed by atoms with Crippen LogP contribution in [-0.4, -0.2) is 25.3 Å². The summed E-state index contributed by atoms with van der Waals surface area (Å²) in [7, 11) is -4.04. The SMILES string of the molecule is O=[N+]([O-])c1ccc(S(=O)(=O)Nc2ccccc2SCCC(F)(F)F)cc1. The minimum absolute atomic E-state index is 0.137. The molecule has 2 aromatic carbocycles. The number of nitro benzene ring substituents is 1. The van der Waals surface area contributed by atoms with Crippen LogP contribution in [-0.2, 0) is 10.0 Å². The molecule has 0 fully saturated rings. The van der Waals surface area contributed by atoms with Gasteiger partial charge in [0.05, 0.1) is 21.9 Å². The molecule has 1 N–H and O–H groups in total. The summed E-state index contributed by atoms with van der Waals surface area (Å²) in [5.74, 6) is -0.250. The zero-order valence-electron chi connectivity index (χ0n) is 13.1. The number of sulfonamides is 1. The Balaban J connectivity index is 2.17. The number of nitrogens with zero attached hydrogens (tertiary/aromatic N) is 1. The summed E-state index contributed by atoms with van der Waals surface area (Å²) in [6.45, 7) is 0. The van der Waals surface area contributed by atoms with Crippen LogP contribution >= 0.6 is 11.8 Å². The molecule has 0 atom stereocenters. The van der Waals surface area contributed by atoms with Gasteiger partial charge in [-0.25, -0.2) is 8.42 Å². The molecule has 0 amide bonds. The summed E-state index contributed by atoms with van der Waals surface area (Å²) in [5.41, 5.74) is -0.120. The maximum absolute atomic E-state index is 12.4. The molecular weight excluding hydrogens is 393 g/mol. The molecule has 0 aliphatic heterocycles. The maximum Gasteiger partial charge on any atom is 0.389 e. The number of alkyl halides is 3. The van der Waals surface area contributed by atoms with Gasteiger partial charge < -0.3 is 0 Å². The van der Waals surface area contributed by atoms with Gasteiger partial charge in [0.25, 0.3) is 15.7 Å². The van der Waals surface area contributed by atoms with Gasteiger partial charge >= 0.3 is 6.18 Å². The van der Waals surface area contributed by atoms with Crippen molar-refractivity contribution in [3.05, 3.63) is 58.6 Å². The average molecular weight is 406 g/mol. The summed E-state index contributed by atoms with van der Waals surface area (Å²) in [6.07, 6.45) is -5.29. The highest BCUT2D eigenvalue weighted by molar-refractivity contribution is 7.99. The van der Waals surface area contributed by atoms with Crippen molar-refractivity contribution in [1.29, 1.82) is 0 Å². The van der Waals surface area contributed by atoms with E-state index < -0.39 is 27.5 Å². The Bertz CT molecular complexity index is 885. The first-order valence-electron chi connectivity index (χ1n) is 7.14. The molecule has 11 heteroatoms. The van der Waals surface area contributed by atoms with Gasteiger partial charge in [0.2, 0.25) is 0 Å². The molecule has 0 bridgehead atoms. The van der Waals surface area contributed by atoms with Crippen LogP contribution in [0.3, 0.4) is 0 Å². The van der Waals surface area contributed by atoms with Gasteiger partial charge in [0.15, 0.2) is 0 Å². The number of anilines is 1. The van der Waals surface area contributed by atoms with Crippen molar-refractivity contribution in [2.24, 2.45) is 0 Å². The van der Waals surface area contributed by atoms with Gasteiger partial charge in [0, 0.05) is 22.8 Å². The standard InChI is InChI=1S/C15H13F3N2O4S2/c16-15(17,18)9-10-25-14-4-2-1-3-13(14)19-26(23,24)12-7-5-11(6-8-12)20(21)22/h1-8,19H,9-10H2. The van der Waals surface area contributed by atoms with E-state index >= 15 is 0 Å². The minimum atomic E-state index is -4.29. The number of rotatable bonds is 7. The Labute approximate surface area is 151 Å². The zero-order valence-corrected chi connectivity index (χ0v) is 14.7. The fourth-order valence-electron chi connectivity index (χ4n) is 1.90. The van der Waals surface area contributed by atoms with Crippen molar-refractivity contribution in [3.63, 3.8) is 0 Å². The van der Waals surface area contributed by atoms with E-state index in [9.17, 15) is 31.7 Å². The highest BCUT2D eigenvalue weighted by atomic mass is 32.2. The van der Waals surface area contributed by atoms with Crippen LogP contribution in [0.4, 0.5) is 24.5 Å². The molecule has 0 saturated carbocycles. The summed E-state index contributed by atoms with van der Waals surface area (Å²) < 4.78 is 63.9. The first kappa shape index (κ1) is 20.0. The van der Waals surface area contributed by atoms with Crippen molar-refractivity contribution in [2.45, 2.75) is 22.4 Å². The molecule has 0 aliphatic carbocycles. The normalized spacial score (nSPS) is 12.0. The second-order valence-corrected chi connectivity index (χ2v) is 7.89. The molecule has 0 radical (unpaired) electrons. The lowest BCUT2D eigenvalue weighted by molar-refractivity contribution is -0.384. The number of hydrogen-bond acceptors (Lipinski definition) is 5. The van der Waals surface area contributed by atoms with Gasteiger partial charge in [-0.2, -0.15) is 13.2 Å². The zero-order chi connectivity index (χ0) is 19.4.